The maximum absolute atomic E-state index is 11.2. The highest BCUT2D eigenvalue weighted by atomic mass is 16.7. The van der Waals surface area contributed by atoms with Gasteiger partial charge in [-0.1, -0.05) is 6.92 Å². The van der Waals surface area contributed by atoms with Crippen LogP contribution >= 0.6 is 0 Å². The summed E-state index contributed by atoms with van der Waals surface area (Å²) in [5, 5.41) is 0. The van der Waals surface area contributed by atoms with E-state index in [0.717, 1.165) is 18.8 Å². The molecule has 0 N–H and O–H groups in total. The fourth-order valence-electron chi connectivity index (χ4n) is 2.20. The quantitative estimate of drug-likeness (QED) is 0.458. The Labute approximate surface area is 78.4 Å². The number of hydrogen-bond acceptors (Lipinski definition) is 3. The molecule has 0 aromatic carbocycles. The van der Waals surface area contributed by atoms with E-state index in [1.165, 1.54) is 20.0 Å². The predicted molar refractivity (Wildman–Crippen MR) is 47.3 cm³/mol. The fraction of sp³-hybridized carbons (Fsp3) is 0.900. The molecule has 1 heterocycles. The third-order valence-corrected chi connectivity index (χ3v) is 3.31. The molecule has 2 aliphatic rings. The number of methoxy groups -OCH3 is 1. The number of carbonyl (C=O) groups excluding carboxylic acids is 1. The Morgan fingerprint density at radius 3 is 2.62 bits per heavy atom. The van der Waals surface area contributed by atoms with Gasteiger partial charge in [0.1, 0.15) is 5.60 Å². The molecule has 3 nitrogen and oxygen atoms in total. The van der Waals surface area contributed by atoms with Crippen LogP contribution in [0.25, 0.3) is 0 Å². The first-order valence-corrected chi connectivity index (χ1v) is 4.93. The first-order chi connectivity index (χ1) is 6.18. The molecule has 0 aromatic heterocycles. The highest BCUT2D eigenvalue weighted by Crippen LogP contribution is 2.49. The molecule has 0 bridgehead atoms. The lowest BCUT2D eigenvalue weighted by Gasteiger charge is -2.23. The van der Waals surface area contributed by atoms with Crippen LogP contribution in [0.4, 0.5) is 0 Å². The highest BCUT2D eigenvalue weighted by molar-refractivity contribution is 5.79. The van der Waals surface area contributed by atoms with Gasteiger partial charge in [-0.05, 0) is 31.6 Å². The molecule has 0 amide bonds. The molecule has 3 heteroatoms. The van der Waals surface area contributed by atoms with Crippen LogP contribution < -0.4 is 0 Å². The van der Waals surface area contributed by atoms with Crippen molar-refractivity contribution < 1.29 is 14.3 Å². The Balaban J connectivity index is 1.92. The van der Waals surface area contributed by atoms with Gasteiger partial charge in [-0.25, -0.2) is 4.79 Å². The normalized spacial score (nSPS) is 43.2. The van der Waals surface area contributed by atoms with E-state index in [1.54, 1.807) is 0 Å². The van der Waals surface area contributed by atoms with Crippen LogP contribution in [0.2, 0.25) is 0 Å². The summed E-state index contributed by atoms with van der Waals surface area (Å²) in [4.78, 5) is 11.2. The average Bonchev–Trinajstić information content (AvgIpc) is 2.85. The summed E-state index contributed by atoms with van der Waals surface area (Å²) >= 11 is 0. The zero-order valence-corrected chi connectivity index (χ0v) is 8.21. The van der Waals surface area contributed by atoms with Crippen molar-refractivity contribution in [3.8, 4) is 0 Å². The van der Waals surface area contributed by atoms with Gasteiger partial charge in [-0.2, -0.15) is 0 Å². The molecule has 0 aromatic rings. The molecule has 1 unspecified atom stereocenters. The second kappa shape index (κ2) is 2.98. The summed E-state index contributed by atoms with van der Waals surface area (Å²) in [6.45, 7) is 2.25. The molecular weight excluding hydrogens is 168 g/mol. The van der Waals surface area contributed by atoms with Crippen molar-refractivity contribution in [1.29, 1.82) is 0 Å². The zero-order valence-electron chi connectivity index (χ0n) is 8.21. The van der Waals surface area contributed by atoms with Crippen LogP contribution in [0, 0.1) is 5.92 Å². The Kier molecular flexibility index (Phi) is 2.06. The number of ether oxygens (including phenoxy) is 2. The van der Waals surface area contributed by atoms with Gasteiger partial charge in [0.25, 0.3) is 0 Å². The smallest absolute Gasteiger partial charge is 0.338 e. The van der Waals surface area contributed by atoms with Crippen molar-refractivity contribution in [3.05, 3.63) is 0 Å². The third kappa shape index (κ3) is 1.46. The van der Waals surface area contributed by atoms with Crippen LogP contribution in [0.5, 0.6) is 0 Å². The third-order valence-electron chi connectivity index (χ3n) is 3.31. The van der Waals surface area contributed by atoms with E-state index in [9.17, 15) is 4.79 Å². The van der Waals surface area contributed by atoms with Gasteiger partial charge in [0.15, 0.2) is 6.10 Å². The van der Waals surface area contributed by atoms with Crippen LogP contribution in [0.15, 0.2) is 0 Å². The summed E-state index contributed by atoms with van der Waals surface area (Å²) in [7, 11) is 1.42. The minimum absolute atomic E-state index is 0.125. The van der Waals surface area contributed by atoms with E-state index in [4.69, 9.17) is 4.74 Å². The Morgan fingerprint density at radius 1 is 1.46 bits per heavy atom. The van der Waals surface area contributed by atoms with Gasteiger partial charge in [-0.15, -0.1) is 0 Å². The molecule has 1 saturated heterocycles. The summed E-state index contributed by atoms with van der Waals surface area (Å²) in [5.41, 5.74) is -0.125. The molecule has 1 aliphatic heterocycles. The molecule has 1 spiro atoms. The van der Waals surface area contributed by atoms with Gasteiger partial charge < -0.3 is 9.47 Å². The summed E-state index contributed by atoms with van der Waals surface area (Å²) in [5.74, 6) is 0.586. The molecule has 1 atom stereocenters. The van der Waals surface area contributed by atoms with Gasteiger partial charge in [0.2, 0.25) is 0 Å². The molecule has 74 valence electrons. The molecular formula is C10H16O3. The first-order valence-electron chi connectivity index (χ1n) is 4.93. The van der Waals surface area contributed by atoms with Gasteiger partial charge in [0.05, 0.1) is 7.11 Å². The van der Waals surface area contributed by atoms with Gasteiger partial charge in [-0.3, -0.25) is 0 Å². The SMILES string of the molecule is COC(=O)C1OC12CCC(C)CC2. The molecule has 13 heavy (non-hydrogen) atoms. The Morgan fingerprint density at radius 2 is 2.08 bits per heavy atom. The second-order valence-electron chi connectivity index (χ2n) is 4.27. The summed E-state index contributed by atoms with van der Waals surface area (Å²) < 4.78 is 10.1. The lowest BCUT2D eigenvalue weighted by Crippen LogP contribution is -2.26. The van der Waals surface area contributed by atoms with E-state index >= 15 is 0 Å². The van der Waals surface area contributed by atoms with Crippen molar-refractivity contribution in [2.75, 3.05) is 7.11 Å². The molecule has 2 rings (SSSR count). The lowest BCUT2D eigenvalue weighted by atomic mass is 9.81. The van der Waals surface area contributed by atoms with E-state index < -0.39 is 0 Å². The van der Waals surface area contributed by atoms with Crippen LogP contribution in [-0.2, 0) is 14.3 Å². The molecule has 1 aliphatic carbocycles. The summed E-state index contributed by atoms with van der Waals surface area (Å²) in [6, 6.07) is 0. The van der Waals surface area contributed by atoms with Crippen molar-refractivity contribution in [3.63, 3.8) is 0 Å². The maximum Gasteiger partial charge on any atom is 0.338 e. The standard InChI is InChI=1S/C10H16O3/c1-7-3-5-10(6-4-7)8(13-10)9(11)12-2/h7-8H,3-6H2,1-2H3. The van der Waals surface area contributed by atoms with Crippen LogP contribution in [-0.4, -0.2) is 24.8 Å². The van der Waals surface area contributed by atoms with Crippen molar-refractivity contribution in [1.82, 2.24) is 0 Å². The molecule has 2 fully saturated rings. The highest BCUT2D eigenvalue weighted by Gasteiger charge is 2.61. The van der Waals surface area contributed by atoms with Crippen molar-refractivity contribution in [2.45, 2.75) is 44.3 Å². The molecule has 1 saturated carbocycles. The minimum atomic E-state index is -0.259. The van der Waals surface area contributed by atoms with E-state index in [-0.39, 0.29) is 17.7 Å². The number of hydrogen-bond donors (Lipinski definition) is 0. The first kappa shape index (κ1) is 9.00. The number of esters is 1. The zero-order chi connectivity index (χ0) is 9.47. The Hall–Kier alpha value is -0.570. The largest absolute Gasteiger partial charge is 0.467 e. The predicted octanol–water partition coefficient (Wildman–Crippen LogP) is 1.51. The fourth-order valence-corrected chi connectivity index (χ4v) is 2.20. The summed E-state index contributed by atoms with van der Waals surface area (Å²) in [6.07, 6.45) is 4.13. The van der Waals surface area contributed by atoms with Gasteiger partial charge in [0, 0.05) is 0 Å². The van der Waals surface area contributed by atoms with Gasteiger partial charge >= 0.3 is 5.97 Å². The van der Waals surface area contributed by atoms with E-state index in [0.29, 0.717) is 0 Å². The van der Waals surface area contributed by atoms with Crippen LogP contribution in [0.1, 0.15) is 32.6 Å². The van der Waals surface area contributed by atoms with Crippen molar-refractivity contribution >= 4 is 5.97 Å². The average molecular weight is 184 g/mol. The number of rotatable bonds is 1. The van der Waals surface area contributed by atoms with Crippen LogP contribution in [0.3, 0.4) is 0 Å². The minimum Gasteiger partial charge on any atom is -0.467 e. The second-order valence-corrected chi connectivity index (χ2v) is 4.27. The maximum atomic E-state index is 11.2. The van der Waals surface area contributed by atoms with Crippen molar-refractivity contribution in [2.24, 2.45) is 5.92 Å². The monoisotopic (exact) mass is 184 g/mol. The Bertz CT molecular complexity index is 216. The molecule has 0 radical (unpaired) electrons. The number of carbonyl (C=O) groups is 1. The number of epoxide rings is 1. The lowest BCUT2D eigenvalue weighted by molar-refractivity contribution is -0.142. The van der Waals surface area contributed by atoms with E-state index in [1.807, 2.05) is 0 Å². The van der Waals surface area contributed by atoms with E-state index in [2.05, 4.69) is 11.7 Å². The topological polar surface area (TPSA) is 38.8 Å².